The molecule has 0 unspecified atom stereocenters. The fourth-order valence-electron chi connectivity index (χ4n) is 3.15. The lowest BCUT2D eigenvalue weighted by molar-refractivity contribution is -0.0236. The van der Waals surface area contributed by atoms with Crippen LogP contribution >= 0.6 is 24.0 Å². The normalized spacial score (nSPS) is 22.0. The summed E-state index contributed by atoms with van der Waals surface area (Å²) in [6, 6.07) is 0.215. The number of guanidine groups is 1. The van der Waals surface area contributed by atoms with E-state index < -0.39 is 15.6 Å². The third kappa shape index (κ3) is 6.84. The Balaban J connectivity index is 0.00000312. The van der Waals surface area contributed by atoms with Gasteiger partial charge >= 0.3 is 0 Å². The molecule has 0 aromatic carbocycles. The number of nitrogens with zero attached hydrogens (tertiary/aromatic N) is 2. The van der Waals surface area contributed by atoms with Crippen molar-refractivity contribution in [2.75, 3.05) is 31.9 Å². The van der Waals surface area contributed by atoms with Gasteiger partial charge in [0.25, 0.3) is 0 Å². The highest BCUT2D eigenvalue weighted by molar-refractivity contribution is 14.0. The molecule has 2 rings (SSSR count). The van der Waals surface area contributed by atoms with Gasteiger partial charge in [-0.15, -0.1) is 24.0 Å². The van der Waals surface area contributed by atoms with Gasteiger partial charge < -0.3 is 15.7 Å². The number of aliphatic imine (C=N–C) groups is 1. The second kappa shape index (κ2) is 10.3. The highest BCUT2D eigenvalue weighted by Crippen LogP contribution is 2.31. The Kier molecular flexibility index (Phi) is 9.41. The van der Waals surface area contributed by atoms with Crippen LogP contribution in [0.15, 0.2) is 4.99 Å². The third-order valence-corrected chi connectivity index (χ3v) is 6.89. The Bertz CT molecular complexity index is 529. The van der Waals surface area contributed by atoms with Crippen LogP contribution in [0.25, 0.3) is 0 Å². The summed E-state index contributed by atoms with van der Waals surface area (Å²) in [5, 5.41) is 16.8. The molecular formula is C16H33IN4O3S. The number of piperidine rings is 1. The molecule has 0 spiro atoms. The van der Waals surface area contributed by atoms with Crippen molar-refractivity contribution >= 4 is 40.0 Å². The van der Waals surface area contributed by atoms with Gasteiger partial charge in [-0.05, 0) is 45.4 Å². The van der Waals surface area contributed by atoms with Crippen LogP contribution in [-0.2, 0) is 10.0 Å². The molecule has 1 aliphatic heterocycles. The molecule has 1 heterocycles. The second-order valence-corrected chi connectivity index (χ2v) is 9.00. The van der Waals surface area contributed by atoms with Crippen LogP contribution in [0.3, 0.4) is 0 Å². The van der Waals surface area contributed by atoms with Crippen molar-refractivity contribution in [3.63, 3.8) is 0 Å². The number of hydrogen-bond donors (Lipinski definition) is 3. The van der Waals surface area contributed by atoms with Crippen LogP contribution in [0.1, 0.15) is 52.4 Å². The quantitative estimate of drug-likeness (QED) is 0.285. The maximum absolute atomic E-state index is 12.1. The van der Waals surface area contributed by atoms with Gasteiger partial charge in [-0.2, -0.15) is 0 Å². The number of nitrogens with one attached hydrogen (secondary N) is 2. The lowest BCUT2D eigenvalue weighted by Gasteiger charge is -2.35. The minimum absolute atomic E-state index is 0. The molecule has 9 heteroatoms. The summed E-state index contributed by atoms with van der Waals surface area (Å²) < 4.78 is 25.8. The topological polar surface area (TPSA) is 94.0 Å². The van der Waals surface area contributed by atoms with Crippen LogP contribution in [0, 0.1) is 0 Å². The van der Waals surface area contributed by atoms with Gasteiger partial charge in [0.15, 0.2) is 5.96 Å². The average Bonchev–Trinajstić information content (AvgIpc) is 2.51. The number of halogens is 1. The maximum Gasteiger partial charge on any atom is 0.214 e. The number of sulfonamides is 1. The Hall–Kier alpha value is -0.130. The molecule has 2 aliphatic rings. The van der Waals surface area contributed by atoms with Gasteiger partial charge in [-0.1, -0.05) is 6.92 Å². The average molecular weight is 488 g/mol. The first-order valence-electron chi connectivity index (χ1n) is 9.13. The lowest BCUT2D eigenvalue weighted by atomic mass is 9.80. The van der Waals surface area contributed by atoms with E-state index in [0.717, 1.165) is 38.6 Å². The Morgan fingerprint density at radius 3 is 2.40 bits per heavy atom. The van der Waals surface area contributed by atoms with Crippen molar-refractivity contribution < 1.29 is 13.5 Å². The highest BCUT2D eigenvalue weighted by Gasteiger charge is 2.34. The van der Waals surface area contributed by atoms with E-state index in [2.05, 4.69) is 15.6 Å². The van der Waals surface area contributed by atoms with Crippen molar-refractivity contribution in [1.29, 1.82) is 0 Å². The summed E-state index contributed by atoms with van der Waals surface area (Å²) in [5.74, 6) is 0.945. The zero-order valence-corrected chi connectivity index (χ0v) is 18.5. The molecule has 2 fully saturated rings. The predicted octanol–water partition coefficient (Wildman–Crippen LogP) is 1.28. The molecule has 0 amide bonds. The molecule has 25 heavy (non-hydrogen) atoms. The molecule has 148 valence electrons. The molecule has 0 atom stereocenters. The predicted molar refractivity (Wildman–Crippen MR) is 112 cm³/mol. The standard InChI is InChI=1S/C16H32N4O3S.HI/c1-3-12-24(22,23)20-10-6-14(7-11-20)19-15(17-4-2)18-13-16(21)8-5-9-16;/h14,21H,3-13H2,1-2H3,(H2,17,18,19);1H. The van der Waals surface area contributed by atoms with Crippen LogP contribution in [0.2, 0.25) is 0 Å². The van der Waals surface area contributed by atoms with Crippen molar-refractivity contribution in [3.8, 4) is 0 Å². The monoisotopic (exact) mass is 488 g/mol. The molecule has 0 bridgehead atoms. The summed E-state index contributed by atoms with van der Waals surface area (Å²) in [6.07, 6.45) is 4.92. The molecule has 0 aromatic heterocycles. The Morgan fingerprint density at radius 2 is 1.92 bits per heavy atom. The fraction of sp³-hybridized carbons (Fsp3) is 0.938. The summed E-state index contributed by atoms with van der Waals surface area (Å²) in [6.45, 7) is 6.20. The van der Waals surface area contributed by atoms with Crippen LogP contribution in [0.4, 0.5) is 0 Å². The molecule has 1 saturated carbocycles. The molecule has 1 saturated heterocycles. The van der Waals surface area contributed by atoms with Crippen molar-refractivity contribution in [2.45, 2.75) is 64.0 Å². The highest BCUT2D eigenvalue weighted by atomic mass is 127. The van der Waals surface area contributed by atoms with E-state index in [-0.39, 0.29) is 35.8 Å². The van der Waals surface area contributed by atoms with Gasteiger partial charge in [0.05, 0.1) is 17.9 Å². The van der Waals surface area contributed by atoms with Gasteiger partial charge in [0.2, 0.25) is 10.0 Å². The van der Waals surface area contributed by atoms with E-state index in [1.165, 1.54) is 0 Å². The molecule has 0 aromatic rings. The summed E-state index contributed by atoms with van der Waals surface area (Å²) in [7, 11) is -3.09. The molecular weight excluding hydrogens is 455 g/mol. The zero-order chi connectivity index (χ0) is 17.6. The van der Waals surface area contributed by atoms with E-state index >= 15 is 0 Å². The van der Waals surface area contributed by atoms with Crippen LogP contribution < -0.4 is 10.6 Å². The van der Waals surface area contributed by atoms with Crippen molar-refractivity contribution in [2.24, 2.45) is 4.99 Å². The van der Waals surface area contributed by atoms with E-state index in [0.29, 0.717) is 32.0 Å². The second-order valence-electron chi connectivity index (χ2n) is 6.91. The zero-order valence-electron chi connectivity index (χ0n) is 15.3. The van der Waals surface area contributed by atoms with Crippen molar-refractivity contribution in [1.82, 2.24) is 14.9 Å². The van der Waals surface area contributed by atoms with E-state index in [1.807, 2.05) is 13.8 Å². The number of rotatable bonds is 7. The molecule has 0 radical (unpaired) electrons. The first-order chi connectivity index (χ1) is 11.4. The molecule has 3 N–H and O–H groups in total. The third-order valence-electron chi connectivity index (χ3n) is 4.81. The number of hydrogen-bond acceptors (Lipinski definition) is 4. The molecule has 7 nitrogen and oxygen atoms in total. The van der Waals surface area contributed by atoms with Gasteiger partial charge in [-0.3, -0.25) is 4.99 Å². The summed E-state index contributed by atoms with van der Waals surface area (Å²) >= 11 is 0. The Labute approximate surface area is 169 Å². The number of aliphatic hydroxyl groups is 1. The van der Waals surface area contributed by atoms with Gasteiger partial charge in [-0.25, -0.2) is 12.7 Å². The summed E-state index contributed by atoms with van der Waals surface area (Å²) in [5.41, 5.74) is -0.625. The first-order valence-corrected chi connectivity index (χ1v) is 10.7. The smallest absolute Gasteiger partial charge is 0.214 e. The van der Waals surface area contributed by atoms with E-state index in [9.17, 15) is 13.5 Å². The largest absolute Gasteiger partial charge is 0.388 e. The van der Waals surface area contributed by atoms with Crippen molar-refractivity contribution in [3.05, 3.63) is 0 Å². The first kappa shape index (κ1) is 22.9. The minimum atomic E-state index is -3.09. The SMILES string of the molecule is CCCS(=O)(=O)N1CCC(NC(=NCC2(O)CCC2)NCC)CC1.I. The summed E-state index contributed by atoms with van der Waals surface area (Å²) in [4.78, 5) is 4.51. The van der Waals surface area contributed by atoms with Gasteiger partial charge in [0.1, 0.15) is 0 Å². The van der Waals surface area contributed by atoms with E-state index in [4.69, 9.17) is 0 Å². The molecule has 1 aliphatic carbocycles. The van der Waals surface area contributed by atoms with E-state index in [1.54, 1.807) is 4.31 Å². The fourth-order valence-corrected chi connectivity index (χ4v) is 4.69. The van der Waals surface area contributed by atoms with Crippen LogP contribution in [0.5, 0.6) is 0 Å². The van der Waals surface area contributed by atoms with Crippen LogP contribution in [-0.4, -0.2) is 67.4 Å². The maximum atomic E-state index is 12.1. The lowest BCUT2D eigenvalue weighted by Crippen LogP contribution is -2.50. The Morgan fingerprint density at radius 1 is 1.28 bits per heavy atom. The minimum Gasteiger partial charge on any atom is -0.388 e. The van der Waals surface area contributed by atoms with Gasteiger partial charge in [0, 0.05) is 25.7 Å².